The molecule has 0 aliphatic rings. The Morgan fingerprint density at radius 3 is 1.15 bits per heavy atom. The quantitative estimate of drug-likeness (QED) is 0.0243. The van der Waals surface area contributed by atoms with Crippen LogP contribution in [0.2, 0.25) is 0 Å². The van der Waals surface area contributed by atoms with Gasteiger partial charge in [-0.05, 0) is 64.2 Å². The van der Waals surface area contributed by atoms with Crippen molar-refractivity contribution in [2.45, 2.75) is 328 Å². The molecule has 0 aliphatic carbocycles. The van der Waals surface area contributed by atoms with Crippen LogP contribution in [0.5, 0.6) is 0 Å². The fraction of sp³-hybridized carbons (Fsp3) is 0.864. The average molecular weight is 1080 g/mol. The molecule has 0 saturated heterocycles. The maximum absolute atomic E-state index is 13.0. The number of unbranched alkanes of at least 4 members (excludes halogenated alkanes) is 41. The molecule has 75 heavy (non-hydrogen) atoms. The summed E-state index contributed by atoms with van der Waals surface area (Å²) in [6.07, 6.45) is 76.7. The molecule has 3 N–H and O–H groups in total. The number of likely N-dealkylation sites (N-methyl/N-ethyl adjacent to an activating group) is 1. The third-order valence-corrected chi connectivity index (χ3v) is 15.8. The lowest BCUT2D eigenvalue weighted by Crippen LogP contribution is -2.45. The monoisotopic (exact) mass is 1080 g/mol. The lowest BCUT2D eigenvalue weighted by atomic mass is 10.0. The molecule has 1 amide bonds. The Bertz CT molecular complexity index is 1360. The number of amides is 1. The summed E-state index contributed by atoms with van der Waals surface area (Å²) in [6, 6.07) is -0.863. The van der Waals surface area contributed by atoms with Gasteiger partial charge in [0.25, 0.3) is 0 Å². The van der Waals surface area contributed by atoms with Crippen molar-refractivity contribution < 1.29 is 32.9 Å². The van der Waals surface area contributed by atoms with Crippen molar-refractivity contribution in [3.05, 3.63) is 48.6 Å². The van der Waals surface area contributed by atoms with Gasteiger partial charge in [0, 0.05) is 6.42 Å². The number of quaternary nitrogens is 1. The highest BCUT2D eigenvalue weighted by Gasteiger charge is 2.27. The number of aliphatic hydroxyl groups excluding tert-OH is 1. The first-order chi connectivity index (χ1) is 36.5. The molecule has 0 heterocycles. The van der Waals surface area contributed by atoms with E-state index in [9.17, 15) is 19.4 Å². The van der Waals surface area contributed by atoms with Crippen LogP contribution >= 0.6 is 7.82 Å². The normalized spacial score (nSPS) is 14.1. The summed E-state index contributed by atoms with van der Waals surface area (Å²) in [5, 5.41) is 14.0. The van der Waals surface area contributed by atoms with E-state index in [1.165, 1.54) is 250 Å². The lowest BCUT2D eigenvalue weighted by Gasteiger charge is -2.25. The number of carbonyl (C=O) groups excluding carboxylic acids is 1. The average Bonchev–Trinajstić information content (AvgIpc) is 3.37. The topological polar surface area (TPSA) is 105 Å². The summed E-state index contributed by atoms with van der Waals surface area (Å²) in [5.41, 5.74) is 0. The standard InChI is InChI=1S/C66H127N2O6P/c1-6-8-10-12-14-16-18-20-22-24-26-28-29-30-31-32-33-34-35-36-37-38-39-40-42-44-46-48-50-52-54-56-58-60-66(70)67-64(63-74-75(71,72)73-62-61-68(3,4)5)65(69)59-57-55-53-51-49-47-45-43-41-27-25-23-21-19-17-15-13-11-9-7-2/h18,20,24,26,49,51,57,59,64-65,69H,6-17,19,21-23,25,27-48,50,52-56,58,60-63H2,1-5H3,(H-,67,70,71,72)/p+1/b20-18-,26-24-,51-49+,59-57+. The molecular weight excluding hydrogens is 948 g/mol. The summed E-state index contributed by atoms with van der Waals surface area (Å²) in [5.74, 6) is -0.182. The molecule has 0 rings (SSSR count). The van der Waals surface area contributed by atoms with Crippen LogP contribution in [-0.2, 0) is 18.4 Å². The number of aliphatic hydroxyl groups is 1. The predicted octanol–water partition coefficient (Wildman–Crippen LogP) is 20.3. The van der Waals surface area contributed by atoms with Crippen LogP contribution in [0, 0.1) is 0 Å². The second-order valence-electron chi connectivity index (χ2n) is 23.5. The number of allylic oxidation sites excluding steroid dienone is 7. The van der Waals surface area contributed by atoms with Crippen LogP contribution in [0.25, 0.3) is 0 Å². The van der Waals surface area contributed by atoms with Crippen molar-refractivity contribution in [3.63, 3.8) is 0 Å². The van der Waals surface area contributed by atoms with E-state index in [-0.39, 0.29) is 19.1 Å². The number of phosphoric acid groups is 1. The van der Waals surface area contributed by atoms with Crippen LogP contribution in [0.1, 0.15) is 316 Å². The summed E-state index contributed by atoms with van der Waals surface area (Å²) < 4.78 is 23.7. The van der Waals surface area contributed by atoms with Gasteiger partial charge in [-0.1, -0.05) is 294 Å². The van der Waals surface area contributed by atoms with E-state index in [4.69, 9.17) is 9.05 Å². The molecule has 3 unspecified atom stereocenters. The number of phosphoric ester groups is 1. The minimum Gasteiger partial charge on any atom is -0.387 e. The molecule has 0 bridgehead atoms. The molecular formula is C66H128N2O6P+. The smallest absolute Gasteiger partial charge is 0.387 e. The third-order valence-electron chi connectivity index (χ3n) is 14.8. The Labute approximate surface area is 467 Å². The lowest BCUT2D eigenvalue weighted by molar-refractivity contribution is -0.870. The van der Waals surface area contributed by atoms with Crippen LogP contribution in [0.4, 0.5) is 0 Å². The zero-order valence-electron chi connectivity index (χ0n) is 50.6. The van der Waals surface area contributed by atoms with Crippen molar-refractivity contribution in [3.8, 4) is 0 Å². The van der Waals surface area contributed by atoms with Gasteiger partial charge in [0.2, 0.25) is 5.91 Å². The largest absolute Gasteiger partial charge is 0.472 e. The minimum atomic E-state index is -4.36. The number of hydrogen-bond acceptors (Lipinski definition) is 5. The summed E-state index contributed by atoms with van der Waals surface area (Å²) in [6.45, 7) is 4.82. The number of nitrogens with one attached hydrogen (secondary N) is 1. The molecule has 0 radical (unpaired) electrons. The molecule has 0 saturated carbocycles. The van der Waals surface area contributed by atoms with E-state index >= 15 is 0 Å². The second-order valence-corrected chi connectivity index (χ2v) is 24.9. The Kier molecular flexibility index (Phi) is 56.0. The van der Waals surface area contributed by atoms with Crippen LogP contribution in [0.3, 0.4) is 0 Å². The molecule has 0 aromatic heterocycles. The van der Waals surface area contributed by atoms with Crippen LogP contribution < -0.4 is 5.32 Å². The first kappa shape index (κ1) is 73.5. The van der Waals surface area contributed by atoms with Crippen molar-refractivity contribution in [1.29, 1.82) is 0 Å². The van der Waals surface area contributed by atoms with E-state index < -0.39 is 20.0 Å². The highest BCUT2D eigenvalue weighted by Crippen LogP contribution is 2.43. The summed E-state index contributed by atoms with van der Waals surface area (Å²) >= 11 is 0. The maximum Gasteiger partial charge on any atom is 0.472 e. The summed E-state index contributed by atoms with van der Waals surface area (Å²) in [7, 11) is 1.57. The fourth-order valence-electron chi connectivity index (χ4n) is 9.68. The Morgan fingerprint density at radius 1 is 0.453 bits per heavy atom. The molecule has 0 fully saturated rings. The predicted molar refractivity (Wildman–Crippen MR) is 327 cm³/mol. The van der Waals surface area contributed by atoms with Gasteiger partial charge in [0.15, 0.2) is 0 Å². The van der Waals surface area contributed by atoms with Gasteiger partial charge in [0.05, 0.1) is 39.9 Å². The summed E-state index contributed by atoms with van der Waals surface area (Å²) in [4.78, 5) is 23.4. The SMILES string of the molecule is CCCCCCC/C=C\C/C=C\CCCCCCCCCCCCCCCCCCCCCCCC(=O)NC(COP(=O)(O)OCC[N+](C)(C)C)C(O)/C=C/CC/C=C/CCCCCCCCCCCCCCCC. The number of rotatable bonds is 60. The van der Waals surface area contributed by atoms with Crippen LogP contribution in [-0.4, -0.2) is 73.4 Å². The van der Waals surface area contributed by atoms with E-state index in [1.807, 2.05) is 27.2 Å². The highest BCUT2D eigenvalue weighted by atomic mass is 31.2. The van der Waals surface area contributed by atoms with Gasteiger partial charge in [-0.2, -0.15) is 0 Å². The zero-order valence-corrected chi connectivity index (χ0v) is 51.4. The fourth-order valence-corrected chi connectivity index (χ4v) is 10.4. The first-order valence-electron chi connectivity index (χ1n) is 32.5. The molecule has 0 spiro atoms. The van der Waals surface area contributed by atoms with Gasteiger partial charge in [-0.25, -0.2) is 4.57 Å². The van der Waals surface area contributed by atoms with E-state index in [0.29, 0.717) is 17.4 Å². The van der Waals surface area contributed by atoms with Crippen molar-refractivity contribution in [2.75, 3.05) is 40.9 Å². The van der Waals surface area contributed by atoms with Gasteiger partial charge < -0.3 is 19.8 Å². The van der Waals surface area contributed by atoms with Crippen molar-refractivity contribution in [1.82, 2.24) is 5.32 Å². The van der Waals surface area contributed by atoms with Gasteiger partial charge >= 0.3 is 7.82 Å². The van der Waals surface area contributed by atoms with E-state index in [1.54, 1.807) is 6.08 Å². The molecule has 442 valence electrons. The number of nitrogens with zero attached hydrogens (tertiary/aromatic N) is 1. The molecule has 9 heteroatoms. The maximum atomic E-state index is 13.0. The van der Waals surface area contributed by atoms with E-state index in [2.05, 4.69) is 55.6 Å². The first-order valence-corrected chi connectivity index (χ1v) is 34.0. The molecule has 8 nitrogen and oxygen atoms in total. The Balaban J connectivity index is 4.07. The zero-order chi connectivity index (χ0) is 54.9. The third kappa shape index (κ3) is 60.0. The minimum absolute atomic E-state index is 0.0572. The molecule has 0 aliphatic heterocycles. The molecule has 3 atom stereocenters. The van der Waals surface area contributed by atoms with Gasteiger partial charge in [-0.15, -0.1) is 0 Å². The second kappa shape index (κ2) is 57.2. The van der Waals surface area contributed by atoms with Gasteiger partial charge in [0.1, 0.15) is 13.2 Å². The van der Waals surface area contributed by atoms with Crippen molar-refractivity contribution in [2.24, 2.45) is 0 Å². The number of hydrogen-bond donors (Lipinski definition) is 3. The molecule has 0 aromatic rings. The van der Waals surface area contributed by atoms with Crippen molar-refractivity contribution >= 4 is 13.7 Å². The number of carbonyl (C=O) groups is 1. The van der Waals surface area contributed by atoms with Gasteiger partial charge in [-0.3, -0.25) is 13.8 Å². The highest BCUT2D eigenvalue weighted by molar-refractivity contribution is 7.47. The molecule has 0 aromatic carbocycles. The van der Waals surface area contributed by atoms with Crippen LogP contribution in [0.15, 0.2) is 48.6 Å². The Morgan fingerprint density at radius 2 is 0.773 bits per heavy atom. The van der Waals surface area contributed by atoms with E-state index in [0.717, 1.165) is 44.9 Å². The Hall–Kier alpha value is -1.54.